The fourth-order valence-corrected chi connectivity index (χ4v) is 2.84. The number of hydrogen-bond donors (Lipinski definition) is 0. The van der Waals surface area contributed by atoms with Crippen molar-refractivity contribution < 1.29 is 19.1 Å². The summed E-state index contributed by atoms with van der Waals surface area (Å²) in [5.41, 5.74) is 2.74. The molecule has 0 amide bonds. The highest BCUT2D eigenvalue weighted by atomic mass is 16.5. The Labute approximate surface area is 175 Å². The Morgan fingerprint density at radius 2 is 1.07 bits per heavy atom. The van der Waals surface area contributed by atoms with E-state index in [9.17, 15) is 9.59 Å². The van der Waals surface area contributed by atoms with Crippen molar-refractivity contribution in [3.8, 4) is 0 Å². The lowest BCUT2D eigenvalue weighted by Gasteiger charge is -2.07. The van der Waals surface area contributed by atoms with Crippen LogP contribution in [0.15, 0.2) is 73.1 Å². The summed E-state index contributed by atoms with van der Waals surface area (Å²) in [6.45, 7) is 0.630. The van der Waals surface area contributed by atoms with Gasteiger partial charge in [0.15, 0.2) is 0 Å². The summed E-state index contributed by atoms with van der Waals surface area (Å²) in [6.07, 6.45) is 6.39. The van der Waals surface area contributed by atoms with Gasteiger partial charge >= 0.3 is 11.9 Å². The first-order chi connectivity index (χ1) is 14.7. The van der Waals surface area contributed by atoms with Crippen molar-refractivity contribution in [3.05, 3.63) is 95.6 Å². The third kappa shape index (κ3) is 6.81. The number of ether oxygens (including phenoxy) is 2. The average molecular weight is 404 g/mol. The lowest BCUT2D eigenvalue weighted by Crippen LogP contribution is -2.10. The van der Waals surface area contributed by atoms with Gasteiger partial charge in [-0.15, -0.1) is 0 Å². The molecule has 0 aliphatic carbocycles. The molecular formula is C24H24N2O4. The first-order valence-electron chi connectivity index (χ1n) is 9.96. The van der Waals surface area contributed by atoms with Crippen molar-refractivity contribution in [2.24, 2.45) is 0 Å². The molecular weight excluding hydrogens is 380 g/mol. The standard InChI is InChI=1S/C24H24N2O4/c27-23(29-17-5-9-21-7-1-3-15-25-21)19-11-13-20(14-12-19)24(28)30-18-6-10-22-8-2-4-16-26-22/h1-4,7-8,11-16H,5-6,9-10,17-18H2. The van der Waals surface area contributed by atoms with Gasteiger partial charge in [0.25, 0.3) is 0 Å². The van der Waals surface area contributed by atoms with Crippen LogP contribution in [0.5, 0.6) is 0 Å². The fourth-order valence-electron chi connectivity index (χ4n) is 2.84. The molecule has 0 saturated carbocycles. The molecule has 0 unspecified atom stereocenters. The fraction of sp³-hybridized carbons (Fsp3) is 0.250. The summed E-state index contributed by atoms with van der Waals surface area (Å²) in [5.74, 6) is -0.822. The number of aryl methyl sites for hydroxylation is 2. The van der Waals surface area contributed by atoms with Gasteiger partial charge in [0.1, 0.15) is 0 Å². The van der Waals surface area contributed by atoms with E-state index in [-0.39, 0.29) is 0 Å². The summed E-state index contributed by atoms with van der Waals surface area (Å²) >= 11 is 0. The zero-order chi connectivity index (χ0) is 21.0. The number of carbonyl (C=O) groups is 2. The van der Waals surface area contributed by atoms with Crippen molar-refractivity contribution >= 4 is 11.9 Å². The molecule has 0 spiro atoms. The summed E-state index contributed by atoms with van der Waals surface area (Å²) in [7, 11) is 0. The number of benzene rings is 1. The van der Waals surface area contributed by atoms with Crippen LogP contribution in [0.25, 0.3) is 0 Å². The van der Waals surface area contributed by atoms with Crippen molar-refractivity contribution in [2.45, 2.75) is 25.7 Å². The van der Waals surface area contributed by atoms with Crippen LogP contribution in [-0.2, 0) is 22.3 Å². The summed E-state index contributed by atoms with van der Waals surface area (Å²) in [4.78, 5) is 32.7. The van der Waals surface area contributed by atoms with E-state index in [1.54, 1.807) is 36.7 Å². The van der Waals surface area contributed by atoms with Crippen LogP contribution >= 0.6 is 0 Å². The van der Waals surface area contributed by atoms with Gasteiger partial charge in [-0.3, -0.25) is 9.97 Å². The van der Waals surface area contributed by atoms with Crippen LogP contribution in [0.1, 0.15) is 44.9 Å². The van der Waals surface area contributed by atoms with Crippen LogP contribution < -0.4 is 0 Å². The van der Waals surface area contributed by atoms with Crippen molar-refractivity contribution in [1.29, 1.82) is 0 Å². The van der Waals surface area contributed by atoms with Gasteiger partial charge in [-0.05, 0) is 74.2 Å². The smallest absolute Gasteiger partial charge is 0.338 e. The van der Waals surface area contributed by atoms with Crippen molar-refractivity contribution in [1.82, 2.24) is 9.97 Å². The summed E-state index contributed by atoms with van der Waals surface area (Å²) < 4.78 is 10.6. The van der Waals surface area contributed by atoms with E-state index >= 15 is 0 Å². The second-order valence-electron chi connectivity index (χ2n) is 6.70. The van der Waals surface area contributed by atoms with Crippen LogP contribution in [0.4, 0.5) is 0 Å². The maximum Gasteiger partial charge on any atom is 0.338 e. The lowest BCUT2D eigenvalue weighted by atomic mass is 10.1. The zero-order valence-electron chi connectivity index (χ0n) is 16.7. The first-order valence-corrected chi connectivity index (χ1v) is 9.96. The molecule has 2 heterocycles. The molecule has 1 aromatic carbocycles. The molecule has 0 radical (unpaired) electrons. The van der Waals surface area contributed by atoms with Crippen LogP contribution in [0.3, 0.4) is 0 Å². The number of hydrogen-bond acceptors (Lipinski definition) is 6. The molecule has 6 heteroatoms. The Balaban J connectivity index is 1.36. The Kier molecular flexibility index (Phi) is 8.09. The normalized spacial score (nSPS) is 10.4. The summed E-state index contributed by atoms with van der Waals surface area (Å²) in [6, 6.07) is 17.8. The number of aromatic nitrogens is 2. The zero-order valence-corrected chi connectivity index (χ0v) is 16.7. The highest BCUT2D eigenvalue weighted by Gasteiger charge is 2.11. The number of esters is 2. The van der Waals surface area contributed by atoms with Gasteiger partial charge in [-0.2, -0.15) is 0 Å². The number of rotatable bonds is 10. The Morgan fingerprint density at radius 1 is 0.633 bits per heavy atom. The van der Waals surface area contributed by atoms with Gasteiger partial charge in [0.2, 0.25) is 0 Å². The monoisotopic (exact) mass is 404 g/mol. The highest BCUT2D eigenvalue weighted by Crippen LogP contribution is 2.09. The van der Waals surface area contributed by atoms with E-state index in [1.165, 1.54) is 0 Å². The maximum atomic E-state index is 12.1. The largest absolute Gasteiger partial charge is 0.462 e. The van der Waals surface area contributed by atoms with E-state index < -0.39 is 11.9 Å². The molecule has 2 aromatic heterocycles. The third-order valence-corrected chi connectivity index (χ3v) is 4.43. The molecule has 0 N–H and O–H groups in total. The predicted octanol–water partition coefficient (Wildman–Crippen LogP) is 4.06. The van der Waals surface area contributed by atoms with E-state index in [1.807, 2.05) is 36.4 Å². The van der Waals surface area contributed by atoms with Gasteiger partial charge in [0, 0.05) is 23.8 Å². The third-order valence-electron chi connectivity index (χ3n) is 4.43. The molecule has 0 fully saturated rings. The molecule has 0 atom stereocenters. The highest BCUT2D eigenvalue weighted by molar-refractivity contribution is 5.93. The molecule has 6 nitrogen and oxygen atoms in total. The minimum atomic E-state index is -0.411. The topological polar surface area (TPSA) is 78.4 Å². The Bertz CT molecular complexity index is 850. The molecule has 3 rings (SSSR count). The van der Waals surface area contributed by atoms with Gasteiger partial charge in [-0.1, -0.05) is 12.1 Å². The Hall–Kier alpha value is -3.54. The van der Waals surface area contributed by atoms with E-state index in [0.29, 0.717) is 37.2 Å². The van der Waals surface area contributed by atoms with Crippen molar-refractivity contribution in [3.63, 3.8) is 0 Å². The number of nitrogens with zero attached hydrogens (tertiary/aromatic N) is 2. The van der Waals surface area contributed by atoms with Gasteiger partial charge < -0.3 is 9.47 Å². The van der Waals surface area contributed by atoms with Crippen LogP contribution in [-0.4, -0.2) is 35.1 Å². The van der Waals surface area contributed by atoms with Crippen molar-refractivity contribution in [2.75, 3.05) is 13.2 Å². The number of pyridine rings is 2. The molecule has 0 aliphatic rings. The molecule has 0 bridgehead atoms. The van der Waals surface area contributed by atoms with E-state index in [2.05, 4.69) is 9.97 Å². The average Bonchev–Trinajstić information content (AvgIpc) is 2.81. The molecule has 0 aliphatic heterocycles. The minimum Gasteiger partial charge on any atom is -0.462 e. The maximum absolute atomic E-state index is 12.1. The SMILES string of the molecule is O=C(OCCCc1ccccn1)c1ccc(C(=O)OCCCc2ccccn2)cc1. The van der Waals surface area contributed by atoms with Crippen LogP contribution in [0.2, 0.25) is 0 Å². The first kappa shape index (κ1) is 21.2. The molecule has 30 heavy (non-hydrogen) atoms. The minimum absolute atomic E-state index is 0.315. The van der Waals surface area contributed by atoms with Gasteiger partial charge in [0.05, 0.1) is 24.3 Å². The van der Waals surface area contributed by atoms with Crippen LogP contribution in [0, 0.1) is 0 Å². The molecule has 154 valence electrons. The Morgan fingerprint density at radius 3 is 1.43 bits per heavy atom. The summed E-state index contributed by atoms with van der Waals surface area (Å²) in [5, 5.41) is 0. The molecule has 3 aromatic rings. The van der Waals surface area contributed by atoms with E-state index in [0.717, 1.165) is 24.2 Å². The second-order valence-corrected chi connectivity index (χ2v) is 6.70. The predicted molar refractivity (Wildman–Crippen MR) is 112 cm³/mol. The van der Waals surface area contributed by atoms with E-state index in [4.69, 9.17) is 9.47 Å². The molecule has 0 saturated heterocycles. The van der Waals surface area contributed by atoms with Gasteiger partial charge in [-0.25, -0.2) is 9.59 Å². The second kappa shape index (κ2) is 11.5. The lowest BCUT2D eigenvalue weighted by molar-refractivity contribution is 0.0486. The quantitative estimate of drug-likeness (QED) is 0.375. The number of carbonyl (C=O) groups excluding carboxylic acids is 2.